The van der Waals surface area contributed by atoms with E-state index in [4.69, 9.17) is 9.47 Å². The molecular weight excluding hydrogens is 384 g/mol. The number of rotatable bonds is 11. The van der Waals surface area contributed by atoms with Crippen molar-refractivity contribution in [3.8, 4) is 0 Å². The second kappa shape index (κ2) is 12.5. The molecular formula is C22H37N4O4+. The van der Waals surface area contributed by atoms with Gasteiger partial charge in [-0.3, -0.25) is 9.59 Å². The van der Waals surface area contributed by atoms with Crippen molar-refractivity contribution in [3.05, 3.63) is 29.8 Å². The molecule has 0 aliphatic carbocycles. The molecule has 1 aromatic carbocycles. The summed E-state index contributed by atoms with van der Waals surface area (Å²) in [5.74, 6) is -1.30. The van der Waals surface area contributed by atoms with Crippen molar-refractivity contribution in [1.82, 2.24) is 10.6 Å². The Morgan fingerprint density at radius 1 is 0.967 bits per heavy atom. The molecule has 8 heteroatoms. The lowest BCUT2D eigenvalue weighted by atomic mass is 10.0. The maximum absolute atomic E-state index is 12.3. The third-order valence-electron chi connectivity index (χ3n) is 5.36. The number of carbonyl (C=O) groups is 2. The normalized spacial score (nSPS) is 15.2. The topological polar surface area (TPSA) is 84.3 Å². The summed E-state index contributed by atoms with van der Waals surface area (Å²) >= 11 is 0. The van der Waals surface area contributed by atoms with Crippen LogP contribution >= 0.6 is 0 Å². The molecule has 1 saturated heterocycles. The van der Waals surface area contributed by atoms with E-state index in [-0.39, 0.29) is 12.6 Å². The summed E-state index contributed by atoms with van der Waals surface area (Å²) in [6, 6.07) is 8.54. The molecule has 1 aliphatic rings. The van der Waals surface area contributed by atoms with Gasteiger partial charge in [0.15, 0.2) is 6.29 Å². The van der Waals surface area contributed by atoms with Crippen LogP contribution in [-0.4, -0.2) is 71.6 Å². The standard InChI is InChI=1S/C22H36N4O4/c1-5-29-20(30-6-2)16-24-22(28)21(27)23-15-19(26-13-7-8-14-26)17-9-11-18(12-10-17)25(3)4/h9-12,19-20H,5-8,13-16H2,1-4H3,(H,23,27)(H,24,28)/p+1/t19-/m0/s1. The lowest BCUT2D eigenvalue weighted by Crippen LogP contribution is -3.11. The number of benzene rings is 1. The van der Waals surface area contributed by atoms with Crippen molar-refractivity contribution in [2.75, 3.05) is 58.4 Å². The van der Waals surface area contributed by atoms with Gasteiger partial charge < -0.3 is 29.9 Å². The number of carbonyl (C=O) groups excluding carboxylic acids is 2. The van der Waals surface area contributed by atoms with E-state index in [0.29, 0.717) is 19.8 Å². The summed E-state index contributed by atoms with van der Waals surface area (Å²) < 4.78 is 10.8. The van der Waals surface area contributed by atoms with Crippen LogP contribution in [0.5, 0.6) is 0 Å². The van der Waals surface area contributed by atoms with Gasteiger partial charge in [-0.05, 0) is 26.0 Å². The molecule has 1 aromatic rings. The molecule has 2 rings (SSSR count). The Morgan fingerprint density at radius 2 is 1.50 bits per heavy atom. The zero-order valence-electron chi connectivity index (χ0n) is 18.7. The maximum Gasteiger partial charge on any atom is 0.309 e. The lowest BCUT2D eigenvalue weighted by molar-refractivity contribution is -0.918. The van der Waals surface area contributed by atoms with Crippen molar-refractivity contribution in [2.45, 2.75) is 39.0 Å². The minimum absolute atomic E-state index is 0.125. The number of amides is 2. The van der Waals surface area contributed by atoms with Crippen LogP contribution in [0.25, 0.3) is 0 Å². The zero-order chi connectivity index (χ0) is 21.9. The van der Waals surface area contributed by atoms with Crippen LogP contribution in [0, 0.1) is 0 Å². The van der Waals surface area contributed by atoms with Gasteiger partial charge in [0.1, 0.15) is 6.04 Å². The molecule has 1 aliphatic heterocycles. The van der Waals surface area contributed by atoms with Crippen LogP contribution in [0.1, 0.15) is 38.3 Å². The molecule has 0 saturated carbocycles. The predicted octanol–water partition coefficient (Wildman–Crippen LogP) is 0.104. The summed E-state index contributed by atoms with van der Waals surface area (Å²) in [6.45, 7) is 7.36. The first-order chi connectivity index (χ1) is 14.5. The molecule has 1 atom stereocenters. The second-order valence-corrected chi connectivity index (χ2v) is 7.66. The van der Waals surface area contributed by atoms with Gasteiger partial charge in [-0.25, -0.2) is 0 Å². The van der Waals surface area contributed by atoms with E-state index in [0.717, 1.165) is 18.8 Å². The number of anilines is 1. The lowest BCUT2D eigenvalue weighted by Gasteiger charge is -2.26. The molecule has 2 amide bonds. The Bertz CT molecular complexity index is 654. The van der Waals surface area contributed by atoms with E-state index >= 15 is 0 Å². The van der Waals surface area contributed by atoms with Crippen molar-refractivity contribution in [1.29, 1.82) is 0 Å². The highest BCUT2D eigenvalue weighted by Gasteiger charge is 2.28. The fourth-order valence-corrected chi connectivity index (χ4v) is 3.75. The molecule has 0 radical (unpaired) electrons. The summed E-state index contributed by atoms with van der Waals surface area (Å²) in [5, 5.41) is 5.41. The van der Waals surface area contributed by atoms with Gasteiger partial charge >= 0.3 is 11.8 Å². The zero-order valence-corrected chi connectivity index (χ0v) is 18.7. The van der Waals surface area contributed by atoms with Crippen LogP contribution < -0.4 is 20.4 Å². The van der Waals surface area contributed by atoms with Gasteiger partial charge in [-0.1, -0.05) is 12.1 Å². The third kappa shape index (κ3) is 7.27. The first kappa shape index (κ1) is 24.1. The third-order valence-corrected chi connectivity index (χ3v) is 5.36. The molecule has 168 valence electrons. The van der Waals surface area contributed by atoms with Crippen LogP contribution in [-0.2, 0) is 19.1 Å². The number of quaternary nitrogens is 1. The van der Waals surface area contributed by atoms with Gasteiger partial charge in [0.2, 0.25) is 0 Å². The maximum atomic E-state index is 12.3. The van der Waals surface area contributed by atoms with E-state index in [1.165, 1.54) is 23.3 Å². The number of nitrogens with one attached hydrogen (secondary N) is 3. The summed E-state index contributed by atoms with van der Waals surface area (Å²) in [6.07, 6.45) is 1.83. The first-order valence-corrected chi connectivity index (χ1v) is 10.9. The molecule has 0 unspecified atom stereocenters. The fraction of sp³-hybridized carbons (Fsp3) is 0.636. The molecule has 0 spiro atoms. The Morgan fingerprint density at radius 3 is 2.00 bits per heavy atom. The Balaban J connectivity index is 1.94. The van der Waals surface area contributed by atoms with Crippen LogP contribution in [0.4, 0.5) is 5.69 Å². The van der Waals surface area contributed by atoms with E-state index < -0.39 is 18.1 Å². The van der Waals surface area contributed by atoms with Crippen LogP contribution in [0.15, 0.2) is 24.3 Å². The summed E-state index contributed by atoms with van der Waals surface area (Å²) in [7, 11) is 4.03. The Kier molecular flexibility index (Phi) is 10.1. The van der Waals surface area contributed by atoms with Crippen LogP contribution in [0.2, 0.25) is 0 Å². The molecule has 8 nitrogen and oxygen atoms in total. The fourth-order valence-electron chi connectivity index (χ4n) is 3.75. The highest BCUT2D eigenvalue weighted by atomic mass is 16.7. The second-order valence-electron chi connectivity index (χ2n) is 7.66. The minimum Gasteiger partial charge on any atom is -0.378 e. The summed E-state index contributed by atoms with van der Waals surface area (Å²) in [5.41, 5.74) is 2.31. The molecule has 3 N–H and O–H groups in total. The van der Waals surface area contributed by atoms with E-state index in [2.05, 4.69) is 39.8 Å². The van der Waals surface area contributed by atoms with Crippen molar-refractivity contribution < 1.29 is 24.0 Å². The highest BCUT2D eigenvalue weighted by Crippen LogP contribution is 2.17. The van der Waals surface area contributed by atoms with Crippen LogP contribution in [0.3, 0.4) is 0 Å². The summed E-state index contributed by atoms with van der Waals surface area (Å²) in [4.78, 5) is 28.1. The quantitative estimate of drug-likeness (QED) is 0.349. The molecule has 0 bridgehead atoms. The largest absolute Gasteiger partial charge is 0.378 e. The van der Waals surface area contributed by atoms with E-state index in [1.54, 1.807) is 0 Å². The monoisotopic (exact) mass is 421 g/mol. The first-order valence-electron chi connectivity index (χ1n) is 10.9. The predicted molar refractivity (Wildman–Crippen MR) is 117 cm³/mol. The van der Waals surface area contributed by atoms with Crippen molar-refractivity contribution in [3.63, 3.8) is 0 Å². The van der Waals surface area contributed by atoms with Crippen molar-refractivity contribution >= 4 is 17.5 Å². The highest BCUT2D eigenvalue weighted by molar-refractivity contribution is 6.35. The number of nitrogens with zero attached hydrogens (tertiary/aromatic N) is 1. The SMILES string of the molecule is CCOC(CNC(=O)C(=O)NC[C@@H](c1ccc(N(C)C)cc1)[NH+]1CCCC1)OCC. The molecule has 0 aromatic heterocycles. The number of ether oxygens (including phenoxy) is 2. The Hall–Kier alpha value is -2.16. The average molecular weight is 422 g/mol. The Labute approximate surface area is 179 Å². The van der Waals surface area contributed by atoms with Gasteiger partial charge in [0.25, 0.3) is 0 Å². The van der Waals surface area contributed by atoms with Gasteiger partial charge in [-0.2, -0.15) is 0 Å². The van der Waals surface area contributed by atoms with Gasteiger partial charge in [0.05, 0.1) is 26.2 Å². The smallest absolute Gasteiger partial charge is 0.309 e. The van der Waals surface area contributed by atoms with Gasteiger partial charge in [-0.15, -0.1) is 0 Å². The average Bonchev–Trinajstić information content (AvgIpc) is 3.27. The minimum atomic E-state index is -0.669. The van der Waals surface area contributed by atoms with Crippen molar-refractivity contribution in [2.24, 2.45) is 0 Å². The number of hydrogen-bond donors (Lipinski definition) is 3. The number of hydrogen-bond acceptors (Lipinski definition) is 5. The van der Waals surface area contributed by atoms with E-state index in [1.807, 2.05) is 27.9 Å². The van der Waals surface area contributed by atoms with E-state index in [9.17, 15) is 9.59 Å². The molecule has 30 heavy (non-hydrogen) atoms. The van der Waals surface area contributed by atoms with Gasteiger partial charge in [0, 0.05) is 51.4 Å². The molecule has 1 heterocycles. The number of likely N-dealkylation sites (tertiary alicyclic amines) is 1. The molecule has 1 fully saturated rings.